The Labute approximate surface area is 278 Å². The summed E-state index contributed by atoms with van der Waals surface area (Å²) < 4.78 is 58.8. The van der Waals surface area contributed by atoms with Crippen molar-refractivity contribution in [2.75, 3.05) is 20.3 Å². The quantitative estimate of drug-likeness (QED) is 0.200. The van der Waals surface area contributed by atoms with Gasteiger partial charge in [0.05, 0.1) is 19.8 Å². The molecule has 0 aromatic heterocycles. The van der Waals surface area contributed by atoms with Gasteiger partial charge >= 0.3 is 23.9 Å². The molecule has 0 unspecified atom stereocenters. The smallest absolute Gasteiger partial charge is 0.303 e. The molecular weight excluding hydrogens is 632 g/mol. The molecule has 2 heterocycles. The molecule has 14 nitrogen and oxygen atoms in total. The first-order chi connectivity index (χ1) is 23.0. The van der Waals surface area contributed by atoms with E-state index in [0.717, 1.165) is 38.8 Å². The lowest BCUT2D eigenvalue weighted by molar-refractivity contribution is -0.380. The maximum Gasteiger partial charge on any atom is 0.303 e. The van der Waals surface area contributed by atoms with Gasteiger partial charge in [-0.05, 0) is 11.1 Å². The Balaban J connectivity index is 1.67. The minimum Gasteiger partial charge on any atom is -0.462 e. The van der Waals surface area contributed by atoms with Gasteiger partial charge < -0.3 is 47.4 Å². The van der Waals surface area contributed by atoms with Gasteiger partial charge in [0.25, 0.3) is 0 Å². The number of fused-ring (bicyclic) bond motifs is 1. The topological polar surface area (TPSA) is 161 Å². The normalized spacial score (nSPS) is 25.4. The van der Waals surface area contributed by atoms with E-state index in [1.807, 2.05) is 60.7 Å². The third-order valence-electron chi connectivity index (χ3n) is 7.44. The van der Waals surface area contributed by atoms with Gasteiger partial charge in [0, 0.05) is 34.8 Å². The number of esters is 4. The molecule has 2 aromatic carbocycles. The second-order valence-corrected chi connectivity index (χ2v) is 11.2. The fraction of sp³-hybridized carbons (Fsp3) is 0.529. The third-order valence-corrected chi connectivity index (χ3v) is 7.44. The predicted octanol–water partition coefficient (Wildman–Crippen LogP) is 2.63. The van der Waals surface area contributed by atoms with E-state index in [1.165, 1.54) is 7.11 Å². The van der Waals surface area contributed by atoms with Crippen molar-refractivity contribution >= 4 is 23.9 Å². The summed E-state index contributed by atoms with van der Waals surface area (Å²) in [5, 5.41) is 0. The van der Waals surface area contributed by atoms with E-state index >= 15 is 0 Å². The molecule has 262 valence electrons. The Kier molecular flexibility index (Phi) is 13.8. The molecule has 2 aliphatic heterocycles. The van der Waals surface area contributed by atoms with Crippen LogP contribution in [0, 0.1) is 0 Å². The van der Waals surface area contributed by atoms with Crippen molar-refractivity contribution in [3.63, 3.8) is 0 Å². The zero-order chi connectivity index (χ0) is 34.6. The summed E-state index contributed by atoms with van der Waals surface area (Å²) in [5.41, 5.74) is 1.80. The SMILES string of the molecule is CO[C@H]1O[C@@H]2CO[C@@H]([C@H](OC(C)=O)[C@@H](OC(C)=O)[C@H](COC(C)=O)OC(C)=O)O[C@H]2[C@H](OCc2ccccc2)[C@H]1OCc1ccccc1. The molecule has 2 saturated heterocycles. The standard InChI is InChI=1S/C34H42O14/c1-20(35)40-18-26(44-21(2)36)29(45-22(3)37)32(46-23(4)38)34-43-19-27-28(48-34)30(41-16-24-12-8-6-9-13-24)31(33(39-5)47-27)42-17-25-14-10-7-11-15-25/h6-15,26-34H,16-19H2,1-5H3/t26-,27+,28+,29-,30-,31+,32+,33-,34+/m0/s1. The molecule has 0 N–H and O–H groups in total. The predicted molar refractivity (Wildman–Crippen MR) is 164 cm³/mol. The Bertz CT molecular complexity index is 1340. The summed E-state index contributed by atoms with van der Waals surface area (Å²) in [6.07, 6.45) is -9.86. The number of carbonyl (C=O) groups excluding carboxylic acids is 4. The van der Waals surface area contributed by atoms with Crippen molar-refractivity contribution < 1.29 is 66.5 Å². The summed E-state index contributed by atoms with van der Waals surface area (Å²) in [5.74, 6) is -3.03. The minimum absolute atomic E-state index is 0.0848. The second kappa shape index (κ2) is 18.0. The largest absolute Gasteiger partial charge is 0.462 e. The number of methoxy groups -OCH3 is 1. The first kappa shape index (κ1) is 36.9. The van der Waals surface area contributed by atoms with Crippen LogP contribution in [0.15, 0.2) is 60.7 Å². The fourth-order valence-electron chi connectivity index (χ4n) is 5.45. The van der Waals surface area contributed by atoms with Crippen LogP contribution < -0.4 is 0 Å². The van der Waals surface area contributed by atoms with Gasteiger partial charge in [0.2, 0.25) is 0 Å². The highest BCUT2D eigenvalue weighted by atomic mass is 16.8. The van der Waals surface area contributed by atoms with Crippen molar-refractivity contribution in [2.24, 2.45) is 0 Å². The molecule has 0 saturated carbocycles. The Morgan fingerprint density at radius 3 is 1.81 bits per heavy atom. The molecule has 2 fully saturated rings. The lowest BCUT2D eigenvalue weighted by atomic mass is 9.96. The molecule has 48 heavy (non-hydrogen) atoms. The summed E-state index contributed by atoms with van der Waals surface area (Å²) >= 11 is 0. The highest BCUT2D eigenvalue weighted by Crippen LogP contribution is 2.35. The molecule has 4 rings (SSSR count). The van der Waals surface area contributed by atoms with Crippen molar-refractivity contribution in [1.29, 1.82) is 0 Å². The van der Waals surface area contributed by atoms with E-state index in [1.54, 1.807) is 0 Å². The average Bonchev–Trinajstić information content (AvgIpc) is 3.06. The molecular formula is C34H42O14. The van der Waals surface area contributed by atoms with Crippen molar-refractivity contribution in [3.05, 3.63) is 71.8 Å². The molecule has 14 heteroatoms. The van der Waals surface area contributed by atoms with Gasteiger partial charge in [-0.25, -0.2) is 0 Å². The van der Waals surface area contributed by atoms with Gasteiger partial charge in [-0.3, -0.25) is 19.2 Å². The highest BCUT2D eigenvalue weighted by Gasteiger charge is 2.54. The Hall–Kier alpha value is -3.92. The molecule has 0 bridgehead atoms. The minimum atomic E-state index is -1.51. The van der Waals surface area contributed by atoms with Gasteiger partial charge in [0.1, 0.15) is 31.0 Å². The van der Waals surface area contributed by atoms with Crippen LogP contribution in [0.25, 0.3) is 0 Å². The zero-order valence-electron chi connectivity index (χ0n) is 27.5. The van der Waals surface area contributed by atoms with Crippen molar-refractivity contribution in [2.45, 2.75) is 96.2 Å². The van der Waals surface area contributed by atoms with Gasteiger partial charge in [-0.2, -0.15) is 0 Å². The maximum absolute atomic E-state index is 12.4. The van der Waals surface area contributed by atoms with Crippen molar-refractivity contribution in [1.82, 2.24) is 0 Å². The second-order valence-electron chi connectivity index (χ2n) is 11.2. The fourth-order valence-corrected chi connectivity index (χ4v) is 5.45. The van der Waals surface area contributed by atoms with Crippen LogP contribution in [0.4, 0.5) is 0 Å². The maximum atomic E-state index is 12.4. The van der Waals surface area contributed by atoms with E-state index < -0.39 is 85.8 Å². The van der Waals surface area contributed by atoms with Crippen LogP contribution in [0.1, 0.15) is 38.8 Å². The Morgan fingerprint density at radius 2 is 1.29 bits per heavy atom. The van der Waals surface area contributed by atoms with Gasteiger partial charge in [-0.1, -0.05) is 60.7 Å². The van der Waals surface area contributed by atoms with Crippen LogP contribution in [-0.4, -0.2) is 99.5 Å². The van der Waals surface area contributed by atoms with Crippen LogP contribution in [0.2, 0.25) is 0 Å². The molecule has 9 atom stereocenters. The molecule has 0 amide bonds. The first-order valence-electron chi connectivity index (χ1n) is 15.5. The number of hydrogen-bond acceptors (Lipinski definition) is 14. The average molecular weight is 675 g/mol. The number of ether oxygens (including phenoxy) is 10. The van der Waals surface area contributed by atoms with E-state index in [0.29, 0.717) is 0 Å². The number of rotatable bonds is 15. The molecule has 0 spiro atoms. The monoisotopic (exact) mass is 674 g/mol. The van der Waals surface area contributed by atoms with Gasteiger partial charge in [0.15, 0.2) is 30.9 Å². The van der Waals surface area contributed by atoms with Crippen LogP contribution in [0.3, 0.4) is 0 Å². The summed E-state index contributed by atoms with van der Waals surface area (Å²) in [4.78, 5) is 48.4. The van der Waals surface area contributed by atoms with E-state index in [9.17, 15) is 19.2 Å². The summed E-state index contributed by atoms with van der Waals surface area (Å²) in [6, 6.07) is 19.0. The highest BCUT2D eigenvalue weighted by molar-refractivity contribution is 5.68. The molecule has 2 aromatic rings. The van der Waals surface area contributed by atoms with Crippen LogP contribution in [-0.2, 0) is 79.8 Å². The molecule has 2 aliphatic rings. The Morgan fingerprint density at radius 1 is 0.729 bits per heavy atom. The first-order valence-corrected chi connectivity index (χ1v) is 15.5. The van der Waals surface area contributed by atoms with E-state index in [2.05, 4.69) is 0 Å². The van der Waals surface area contributed by atoms with E-state index in [-0.39, 0.29) is 19.8 Å². The van der Waals surface area contributed by atoms with Crippen LogP contribution >= 0.6 is 0 Å². The zero-order valence-corrected chi connectivity index (χ0v) is 27.5. The van der Waals surface area contributed by atoms with Crippen LogP contribution in [0.5, 0.6) is 0 Å². The molecule has 0 radical (unpaired) electrons. The number of carbonyl (C=O) groups is 4. The van der Waals surface area contributed by atoms with E-state index in [4.69, 9.17) is 47.4 Å². The summed E-state index contributed by atoms with van der Waals surface area (Å²) in [6.45, 7) is 4.34. The number of benzene rings is 2. The lowest BCUT2D eigenvalue weighted by Gasteiger charge is -2.49. The molecule has 0 aliphatic carbocycles. The van der Waals surface area contributed by atoms with Gasteiger partial charge in [-0.15, -0.1) is 0 Å². The third kappa shape index (κ3) is 10.5. The number of hydrogen-bond donors (Lipinski definition) is 0. The summed E-state index contributed by atoms with van der Waals surface area (Å²) in [7, 11) is 1.49. The lowest BCUT2D eigenvalue weighted by Crippen LogP contribution is -2.66. The van der Waals surface area contributed by atoms with Crippen molar-refractivity contribution in [3.8, 4) is 0 Å².